The molecule has 1 saturated heterocycles. The van der Waals surface area contributed by atoms with E-state index in [0.29, 0.717) is 12.5 Å². The molecule has 5 aliphatic rings. The maximum absolute atomic E-state index is 13.8. The van der Waals surface area contributed by atoms with Crippen LogP contribution in [0.25, 0.3) is 0 Å². The van der Waals surface area contributed by atoms with Gasteiger partial charge in [-0.2, -0.15) is 0 Å². The quantitative estimate of drug-likeness (QED) is 0.724. The summed E-state index contributed by atoms with van der Waals surface area (Å²) >= 11 is 0. The molecule has 1 heterocycles. The summed E-state index contributed by atoms with van der Waals surface area (Å²) in [5.41, 5.74) is 2.32. The molecule has 1 unspecified atom stereocenters. The lowest BCUT2D eigenvalue weighted by Crippen LogP contribution is -2.57. The number of amides is 2. The zero-order valence-corrected chi connectivity index (χ0v) is 18.6. The standard InChI is InChI=1S/C26H36N2O2/c1-3-18-6-8-19(9-7-18)17-27(2)24(29)23-5-4-10-28(23)25(30)26-14-20-11-21(15-26)13-22(12-20)16-26/h6-9,20-23H,3-5,10-17H2,1-2H3. The van der Waals surface area contributed by atoms with E-state index in [4.69, 9.17) is 0 Å². The average Bonchev–Trinajstić information content (AvgIpc) is 3.21. The number of nitrogens with zero attached hydrogens (tertiary/aromatic N) is 2. The van der Waals surface area contributed by atoms with Crippen molar-refractivity contribution in [2.45, 2.75) is 77.3 Å². The Morgan fingerprint density at radius 2 is 1.57 bits per heavy atom. The van der Waals surface area contributed by atoms with E-state index in [1.807, 2.05) is 16.8 Å². The van der Waals surface area contributed by atoms with Crippen LogP contribution >= 0.6 is 0 Å². The molecule has 1 aliphatic heterocycles. The molecule has 4 bridgehead atoms. The number of hydrogen-bond donors (Lipinski definition) is 0. The summed E-state index contributed by atoms with van der Waals surface area (Å²) in [6.45, 7) is 3.52. The third-order valence-electron chi connectivity index (χ3n) is 8.52. The Labute approximate surface area is 181 Å². The van der Waals surface area contributed by atoms with Crippen LogP contribution in [0, 0.1) is 23.2 Å². The molecule has 1 aromatic rings. The highest BCUT2D eigenvalue weighted by atomic mass is 16.2. The van der Waals surface area contributed by atoms with E-state index in [1.165, 1.54) is 24.8 Å². The van der Waals surface area contributed by atoms with Crippen LogP contribution in [0.4, 0.5) is 0 Å². The second-order valence-corrected chi connectivity index (χ2v) is 10.7. The van der Waals surface area contributed by atoms with Gasteiger partial charge in [0.25, 0.3) is 0 Å². The Morgan fingerprint density at radius 1 is 1.00 bits per heavy atom. The van der Waals surface area contributed by atoms with Crippen molar-refractivity contribution in [3.05, 3.63) is 35.4 Å². The summed E-state index contributed by atoms with van der Waals surface area (Å²) in [4.78, 5) is 31.0. The van der Waals surface area contributed by atoms with Crippen molar-refractivity contribution >= 4 is 11.8 Å². The third-order valence-corrected chi connectivity index (χ3v) is 8.52. The van der Waals surface area contributed by atoms with Gasteiger partial charge in [-0.05, 0) is 86.7 Å². The molecule has 162 valence electrons. The van der Waals surface area contributed by atoms with Gasteiger partial charge in [-0.15, -0.1) is 0 Å². The fraction of sp³-hybridized carbons (Fsp3) is 0.692. The van der Waals surface area contributed by atoms with Gasteiger partial charge >= 0.3 is 0 Å². The Balaban J connectivity index is 1.28. The van der Waals surface area contributed by atoms with Crippen LogP contribution in [0.1, 0.15) is 69.4 Å². The minimum atomic E-state index is -0.259. The zero-order valence-electron chi connectivity index (χ0n) is 18.6. The second-order valence-electron chi connectivity index (χ2n) is 10.7. The topological polar surface area (TPSA) is 40.6 Å². The first-order chi connectivity index (χ1) is 14.5. The lowest BCUT2D eigenvalue weighted by Gasteiger charge is -2.56. The van der Waals surface area contributed by atoms with E-state index in [9.17, 15) is 9.59 Å². The van der Waals surface area contributed by atoms with E-state index in [2.05, 4.69) is 31.2 Å². The summed E-state index contributed by atoms with van der Waals surface area (Å²) in [5.74, 6) is 2.70. The molecule has 1 atom stereocenters. The van der Waals surface area contributed by atoms with Gasteiger partial charge < -0.3 is 9.80 Å². The Hall–Kier alpha value is -1.84. The molecule has 0 radical (unpaired) electrons. The number of likely N-dealkylation sites (tertiary alicyclic amines) is 1. The van der Waals surface area contributed by atoms with Gasteiger partial charge in [-0.3, -0.25) is 9.59 Å². The number of benzene rings is 1. The average molecular weight is 409 g/mol. The Kier molecular flexibility index (Phi) is 5.15. The molecule has 30 heavy (non-hydrogen) atoms. The van der Waals surface area contributed by atoms with Crippen molar-refractivity contribution in [3.63, 3.8) is 0 Å². The minimum Gasteiger partial charge on any atom is -0.340 e. The Morgan fingerprint density at radius 3 is 2.13 bits per heavy atom. The normalized spacial score (nSPS) is 34.4. The summed E-state index contributed by atoms with van der Waals surface area (Å²) in [5, 5.41) is 0. The van der Waals surface area contributed by atoms with Crippen LogP contribution in [-0.4, -0.2) is 41.2 Å². The van der Waals surface area contributed by atoms with E-state index >= 15 is 0 Å². The first-order valence-corrected chi connectivity index (χ1v) is 12.1. The molecule has 2 amide bonds. The van der Waals surface area contributed by atoms with Gasteiger partial charge in [-0.1, -0.05) is 31.2 Å². The van der Waals surface area contributed by atoms with E-state index < -0.39 is 0 Å². The highest BCUT2D eigenvalue weighted by Crippen LogP contribution is 2.60. The predicted octanol–water partition coefficient (Wildman–Crippen LogP) is 4.41. The summed E-state index contributed by atoms with van der Waals surface area (Å²) in [6, 6.07) is 8.27. The van der Waals surface area contributed by atoms with Crippen molar-refractivity contribution in [1.29, 1.82) is 0 Å². The van der Waals surface area contributed by atoms with Gasteiger partial charge in [0.05, 0.1) is 5.41 Å². The molecule has 4 nitrogen and oxygen atoms in total. The lowest BCUT2D eigenvalue weighted by molar-refractivity contribution is -0.161. The van der Waals surface area contributed by atoms with Gasteiger partial charge in [0.2, 0.25) is 11.8 Å². The summed E-state index contributed by atoms with van der Waals surface area (Å²) in [6.07, 6.45) is 10.1. The second kappa shape index (κ2) is 7.69. The van der Waals surface area contributed by atoms with Crippen LogP contribution in [0.15, 0.2) is 24.3 Å². The van der Waals surface area contributed by atoms with E-state index in [1.54, 1.807) is 0 Å². The molecule has 0 N–H and O–H groups in total. The van der Waals surface area contributed by atoms with Gasteiger partial charge in [0, 0.05) is 20.1 Å². The minimum absolute atomic E-state index is 0.116. The van der Waals surface area contributed by atoms with Gasteiger partial charge in [0.1, 0.15) is 6.04 Å². The predicted molar refractivity (Wildman–Crippen MR) is 118 cm³/mol. The van der Waals surface area contributed by atoms with Crippen molar-refractivity contribution in [1.82, 2.24) is 9.80 Å². The number of aryl methyl sites for hydroxylation is 1. The van der Waals surface area contributed by atoms with Crippen molar-refractivity contribution in [2.24, 2.45) is 23.2 Å². The van der Waals surface area contributed by atoms with Crippen molar-refractivity contribution in [2.75, 3.05) is 13.6 Å². The number of rotatable bonds is 5. The molecule has 6 rings (SSSR count). The monoisotopic (exact) mass is 408 g/mol. The molecular formula is C26H36N2O2. The summed E-state index contributed by atoms with van der Waals surface area (Å²) < 4.78 is 0. The first kappa shape index (κ1) is 20.1. The van der Waals surface area contributed by atoms with Crippen LogP contribution < -0.4 is 0 Å². The maximum atomic E-state index is 13.8. The van der Waals surface area contributed by atoms with Crippen LogP contribution in [0.3, 0.4) is 0 Å². The molecule has 4 saturated carbocycles. The number of carbonyl (C=O) groups excluding carboxylic acids is 2. The molecule has 4 aliphatic carbocycles. The largest absolute Gasteiger partial charge is 0.340 e. The molecule has 0 aromatic heterocycles. The van der Waals surface area contributed by atoms with Gasteiger partial charge in [-0.25, -0.2) is 0 Å². The van der Waals surface area contributed by atoms with Crippen molar-refractivity contribution in [3.8, 4) is 0 Å². The Bertz CT molecular complexity index is 780. The van der Waals surface area contributed by atoms with Gasteiger partial charge in [0.15, 0.2) is 0 Å². The van der Waals surface area contributed by atoms with Crippen LogP contribution in [-0.2, 0) is 22.6 Å². The molecule has 1 aromatic carbocycles. The van der Waals surface area contributed by atoms with Crippen LogP contribution in [0.2, 0.25) is 0 Å². The number of likely N-dealkylation sites (N-methyl/N-ethyl adjacent to an activating group) is 1. The first-order valence-electron chi connectivity index (χ1n) is 12.1. The van der Waals surface area contributed by atoms with E-state index in [-0.39, 0.29) is 17.4 Å². The molecule has 4 heteroatoms. The number of carbonyl (C=O) groups is 2. The maximum Gasteiger partial charge on any atom is 0.245 e. The zero-order chi connectivity index (χ0) is 20.9. The highest BCUT2D eigenvalue weighted by molar-refractivity contribution is 5.91. The lowest BCUT2D eigenvalue weighted by atomic mass is 9.49. The summed E-state index contributed by atoms with van der Waals surface area (Å²) in [7, 11) is 1.89. The number of hydrogen-bond acceptors (Lipinski definition) is 2. The molecule has 5 fully saturated rings. The fourth-order valence-corrected chi connectivity index (χ4v) is 7.43. The van der Waals surface area contributed by atoms with Crippen LogP contribution in [0.5, 0.6) is 0 Å². The van der Waals surface area contributed by atoms with Crippen molar-refractivity contribution < 1.29 is 9.59 Å². The SMILES string of the molecule is CCc1ccc(CN(C)C(=O)C2CCCN2C(=O)C23CC4CC(CC(C4)C2)C3)cc1. The molecular weight excluding hydrogens is 372 g/mol. The van der Waals surface area contributed by atoms with E-state index in [0.717, 1.165) is 68.4 Å². The molecule has 0 spiro atoms. The third kappa shape index (κ3) is 3.46. The fourth-order valence-electron chi connectivity index (χ4n) is 7.43. The highest BCUT2D eigenvalue weighted by Gasteiger charge is 2.56. The smallest absolute Gasteiger partial charge is 0.245 e.